The molecule has 0 aromatic heterocycles. The molecule has 0 unspecified atom stereocenters. The molecule has 1 fully saturated rings. The van der Waals surface area contributed by atoms with Crippen molar-refractivity contribution in [1.82, 2.24) is 20.4 Å². The van der Waals surface area contributed by atoms with Crippen molar-refractivity contribution in [3.63, 3.8) is 0 Å². The second-order valence-corrected chi connectivity index (χ2v) is 26.6. The summed E-state index contributed by atoms with van der Waals surface area (Å²) in [6, 6.07) is 25.6. The first-order valence-electron chi connectivity index (χ1n) is 23.5. The molecule has 1 heterocycles. The summed E-state index contributed by atoms with van der Waals surface area (Å²) in [7, 11) is -2.07. The normalized spacial score (nSPS) is 17.2. The first-order valence-corrected chi connectivity index (χ1v) is 26.4. The third-order valence-electron chi connectivity index (χ3n) is 12.4. The standard InChI is InChI=1S/C53H76N4O7Si/c1-36(2)29-44-35-56(47(58)45(54-49(60)63-51(3,4)5)32-37-24-26-39-19-14-16-21-41(39)30-37)43(23-18-28-62-65(12,13)53(9,10)11)34-57(44)48(59)46(55-50(61)64-52(6,7)8)33-38-25-27-40-20-15-17-22-42(40)31-38/h14-17,19-22,24-27,30-31,36,43-46H,18,23,28-29,32-35H2,1-13H3,(H,54,60)(H,55,61)/t43-,44+,45+,46+/m0/s1. The van der Waals surface area contributed by atoms with Gasteiger partial charge in [0.05, 0.1) is 0 Å². The van der Waals surface area contributed by atoms with Gasteiger partial charge in [-0.25, -0.2) is 9.59 Å². The fourth-order valence-corrected chi connectivity index (χ4v) is 9.34. The summed E-state index contributed by atoms with van der Waals surface area (Å²) in [4.78, 5) is 61.4. The van der Waals surface area contributed by atoms with Gasteiger partial charge in [-0.15, -0.1) is 0 Å². The van der Waals surface area contributed by atoms with Gasteiger partial charge >= 0.3 is 12.2 Å². The molecule has 4 atom stereocenters. The number of nitrogens with one attached hydrogen (secondary N) is 2. The number of carbonyl (C=O) groups excluding carboxylic acids is 4. The van der Waals surface area contributed by atoms with Crippen LogP contribution in [0.1, 0.15) is 107 Å². The van der Waals surface area contributed by atoms with E-state index in [9.17, 15) is 9.59 Å². The van der Waals surface area contributed by atoms with Gasteiger partial charge in [0.25, 0.3) is 0 Å². The average Bonchev–Trinajstić information content (AvgIpc) is 3.19. The predicted molar refractivity (Wildman–Crippen MR) is 264 cm³/mol. The van der Waals surface area contributed by atoms with E-state index < -0.39 is 49.8 Å². The van der Waals surface area contributed by atoms with E-state index in [0.29, 0.717) is 25.9 Å². The SMILES string of the molecule is CC(C)C[C@@H]1CN(C(=O)[C@@H](Cc2ccc3ccccc3c2)NC(=O)OC(C)(C)C)[C@@H](CCCO[Si](C)(C)C(C)(C)C)CN1C(=O)[C@@H](Cc1ccc2ccccc2c1)NC(=O)OC(C)(C)C. The number of benzene rings is 4. The highest BCUT2D eigenvalue weighted by Gasteiger charge is 2.43. The van der Waals surface area contributed by atoms with Gasteiger partial charge in [-0.05, 0) is 118 Å². The van der Waals surface area contributed by atoms with Crippen molar-refractivity contribution >= 4 is 53.9 Å². The predicted octanol–water partition coefficient (Wildman–Crippen LogP) is 10.8. The van der Waals surface area contributed by atoms with Crippen molar-refractivity contribution in [2.45, 2.75) is 162 Å². The summed E-state index contributed by atoms with van der Waals surface area (Å²) in [5.41, 5.74) is 0.241. The van der Waals surface area contributed by atoms with E-state index in [1.54, 1.807) is 41.5 Å². The Balaban J connectivity index is 1.53. The van der Waals surface area contributed by atoms with Crippen LogP contribution in [0.25, 0.3) is 21.5 Å². The van der Waals surface area contributed by atoms with E-state index in [2.05, 4.69) is 70.5 Å². The molecule has 4 aromatic rings. The zero-order valence-corrected chi connectivity index (χ0v) is 42.4. The van der Waals surface area contributed by atoms with Crippen molar-refractivity contribution in [2.24, 2.45) is 5.92 Å². The summed E-state index contributed by atoms with van der Waals surface area (Å²) in [5.74, 6) is -0.295. The molecule has 12 heteroatoms. The molecule has 0 radical (unpaired) electrons. The highest BCUT2D eigenvalue weighted by atomic mass is 28.4. The smallest absolute Gasteiger partial charge is 0.408 e. The van der Waals surface area contributed by atoms with E-state index in [-0.39, 0.29) is 54.7 Å². The summed E-state index contributed by atoms with van der Waals surface area (Å²) in [6.07, 6.45) is 0.969. The molecule has 2 N–H and O–H groups in total. The number of ether oxygens (including phenoxy) is 2. The number of piperazine rings is 1. The molecule has 4 amide bonds. The van der Waals surface area contributed by atoms with Gasteiger partial charge < -0.3 is 34.3 Å². The van der Waals surface area contributed by atoms with Gasteiger partial charge in [0, 0.05) is 44.6 Å². The van der Waals surface area contributed by atoms with Gasteiger partial charge in [-0.1, -0.05) is 120 Å². The van der Waals surface area contributed by atoms with Gasteiger partial charge in [0.1, 0.15) is 23.3 Å². The maximum absolute atomic E-state index is 15.3. The van der Waals surface area contributed by atoms with Crippen LogP contribution in [0.3, 0.4) is 0 Å². The fourth-order valence-electron chi connectivity index (χ4n) is 8.25. The summed E-state index contributed by atoms with van der Waals surface area (Å²) >= 11 is 0. The van der Waals surface area contributed by atoms with Crippen molar-refractivity contribution in [1.29, 1.82) is 0 Å². The van der Waals surface area contributed by atoms with Crippen LogP contribution in [0.5, 0.6) is 0 Å². The van der Waals surface area contributed by atoms with E-state index in [1.165, 1.54) is 0 Å². The molecule has 0 spiro atoms. The topological polar surface area (TPSA) is 127 Å². The van der Waals surface area contributed by atoms with Crippen molar-refractivity contribution in [3.05, 3.63) is 96.1 Å². The van der Waals surface area contributed by atoms with Crippen LogP contribution < -0.4 is 10.6 Å². The number of hydrogen-bond acceptors (Lipinski definition) is 7. The van der Waals surface area contributed by atoms with E-state index in [1.807, 2.05) is 82.6 Å². The van der Waals surface area contributed by atoms with Crippen LogP contribution in [0.4, 0.5) is 9.59 Å². The highest BCUT2D eigenvalue weighted by molar-refractivity contribution is 6.74. The summed E-state index contributed by atoms with van der Waals surface area (Å²) in [6.45, 7) is 27.1. The molecular formula is C53H76N4O7Si. The molecule has 1 aliphatic rings. The van der Waals surface area contributed by atoms with Crippen LogP contribution in [0, 0.1) is 5.92 Å². The first kappa shape index (κ1) is 51.0. The molecule has 1 aliphatic heterocycles. The lowest BCUT2D eigenvalue weighted by Crippen LogP contribution is -2.66. The molecule has 11 nitrogen and oxygen atoms in total. The number of nitrogens with zero attached hydrogens (tertiary/aromatic N) is 2. The Morgan fingerprint density at radius 1 is 0.631 bits per heavy atom. The summed E-state index contributed by atoms with van der Waals surface area (Å²) < 4.78 is 18.1. The van der Waals surface area contributed by atoms with Crippen molar-refractivity contribution < 1.29 is 33.1 Å². The Bertz CT molecular complexity index is 2270. The van der Waals surface area contributed by atoms with Gasteiger partial charge in [0.2, 0.25) is 11.8 Å². The highest BCUT2D eigenvalue weighted by Crippen LogP contribution is 2.37. The molecule has 0 saturated carbocycles. The molecule has 0 aliphatic carbocycles. The lowest BCUT2D eigenvalue weighted by atomic mass is 9.92. The lowest BCUT2D eigenvalue weighted by Gasteiger charge is -2.49. The fraction of sp³-hybridized carbons (Fsp3) is 0.547. The first-order chi connectivity index (χ1) is 30.3. The number of fused-ring (bicyclic) bond motifs is 2. The third-order valence-corrected chi connectivity index (χ3v) is 17.0. The molecular weight excluding hydrogens is 833 g/mol. The Hall–Kier alpha value is -4.94. The monoisotopic (exact) mass is 909 g/mol. The maximum atomic E-state index is 15.3. The van der Waals surface area contributed by atoms with Crippen LogP contribution >= 0.6 is 0 Å². The summed E-state index contributed by atoms with van der Waals surface area (Å²) in [5, 5.41) is 10.2. The minimum absolute atomic E-state index is 0.0254. The Kier molecular flexibility index (Phi) is 16.6. The zero-order chi connectivity index (χ0) is 47.9. The van der Waals surface area contributed by atoms with Crippen LogP contribution in [-0.4, -0.2) is 97.2 Å². The molecule has 65 heavy (non-hydrogen) atoms. The second-order valence-electron chi connectivity index (χ2n) is 21.8. The molecule has 1 saturated heterocycles. The van der Waals surface area contributed by atoms with Gasteiger partial charge in [-0.3, -0.25) is 9.59 Å². The Morgan fingerprint density at radius 2 is 1.05 bits per heavy atom. The average molecular weight is 909 g/mol. The largest absolute Gasteiger partial charge is 0.444 e. The maximum Gasteiger partial charge on any atom is 0.408 e. The molecule has 4 aromatic carbocycles. The lowest BCUT2D eigenvalue weighted by molar-refractivity contribution is -0.150. The number of amides is 4. The third kappa shape index (κ3) is 14.8. The minimum Gasteiger partial charge on any atom is -0.444 e. The number of carbonyl (C=O) groups is 4. The zero-order valence-electron chi connectivity index (χ0n) is 41.4. The van der Waals surface area contributed by atoms with E-state index in [4.69, 9.17) is 13.9 Å². The van der Waals surface area contributed by atoms with Gasteiger partial charge in [-0.2, -0.15) is 0 Å². The Labute approximate surface area is 389 Å². The number of rotatable bonds is 15. The van der Waals surface area contributed by atoms with Crippen LogP contribution in [0.15, 0.2) is 84.9 Å². The van der Waals surface area contributed by atoms with Crippen LogP contribution in [-0.2, 0) is 36.3 Å². The minimum atomic E-state index is -2.07. The number of hydrogen-bond donors (Lipinski definition) is 2. The molecule has 354 valence electrons. The van der Waals surface area contributed by atoms with Crippen molar-refractivity contribution in [2.75, 3.05) is 19.7 Å². The van der Waals surface area contributed by atoms with E-state index in [0.717, 1.165) is 32.7 Å². The number of alkyl carbamates (subject to hydrolysis) is 2. The second kappa shape index (κ2) is 21.1. The van der Waals surface area contributed by atoms with E-state index >= 15 is 9.59 Å². The molecule has 0 bridgehead atoms. The Morgan fingerprint density at radius 3 is 1.46 bits per heavy atom. The van der Waals surface area contributed by atoms with Crippen LogP contribution in [0.2, 0.25) is 18.1 Å². The molecule has 5 rings (SSSR count). The van der Waals surface area contributed by atoms with Gasteiger partial charge in [0.15, 0.2) is 8.32 Å². The quantitative estimate of drug-likeness (QED) is 0.0898. The van der Waals surface area contributed by atoms with Crippen molar-refractivity contribution in [3.8, 4) is 0 Å².